The molecule has 98 valence electrons. The van der Waals surface area contributed by atoms with E-state index in [2.05, 4.69) is 6.58 Å². The van der Waals surface area contributed by atoms with E-state index in [-0.39, 0.29) is 5.82 Å². The number of esters is 1. The smallest absolute Gasteiger partial charge is 0.334 e. The maximum Gasteiger partial charge on any atom is 0.334 e. The maximum absolute atomic E-state index is 13.4. The van der Waals surface area contributed by atoms with Crippen LogP contribution in [0.1, 0.15) is 12.5 Å². The first-order valence-electron chi connectivity index (χ1n) is 5.81. The lowest BCUT2D eigenvalue weighted by Gasteiger charge is -2.17. The van der Waals surface area contributed by atoms with Gasteiger partial charge in [0, 0.05) is 24.2 Å². The van der Waals surface area contributed by atoms with Crippen LogP contribution in [0.4, 0.5) is 4.39 Å². The van der Waals surface area contributed by atoms with Crippen LogP contribution in [0.2, 0.25) is 0 Å². The Morgan fingerprint density at radius 2 is 2.11 bits per heavy atom. The highest BCUT2D eigenvalue weighted by atomic mass is 19.1. The van der Waals surface area contributed by atoms with Gasteiger partial charge in [0.2, 0.25) is 0 Å². The van der Waals surface area contributed by atoms with Crippen molar-refractivity contribution in [1.29, 1.82) is 0 Å². The average Bonchev–Trinajstić information content (AvgIpc) is 2.32. The molecule has 0 N–H and O–H groups in total. The minimum absolute atomic E-state index is 0.244. The van der Waals surface area contributed by atoms with Crippen LogP contribution in [0, 0.1) is 5.82 Å². The third-order valence-corrected chi connectivity index (χ3v) is 2.42. The molecule has 1 rings (SSSR count). The van der Waals surface area contributed by atoms with Crippen molar-refractivity contribution in [2.45, 2.75) is 13.5 Å². The van der Waals surface area contributed by atoms with Crippen LogP contribution in [-0.2, 0) is 16.1 Å². The molecular weight excluding hydrogens is 233 g/mol. The number of hydrogen-bond acceptors (Lipinski definition) is 3. The highest BCUT2D eigenvalue weighted by Gasteiger charge is 2.11. The standard InChI is InChI=1S/C14H18FNO2/c1-4-18-14(17)11(2)9-16(3)10-12-7-5-6-8-13(12)15/h5-8H,2,4,9-10H2,1,3H3. The number of halogens is 1. The summed E-state index contributed by atoms with van der Waals surface area (Å²) in [6.45, 7) is 6.52. The topological polar surface area (TPSA) is 29.5 Å². The Morgan fingerprint density at radius 1 is 1.44 bits per heavy atom. The lowest BCUT2D eigenvalue weighted by molar-refractivity contribution is -0.138. The number of carbonyl (C=O) groups excluding carboxylic acids is 1. The third-order valence-electron chi connectivity index (χ3n) is 2.42. The molecule has 0 atom stereocenters. The quantitative estimate of drug-likeness (QED) is 0.574. The predicted octanol–water partition coefficient (Wildman–Crippen LogP) is 2.38. The minimum Gasteiger partial charge on any atom is -0.463 e. The molecule has 1 aromatic carbocycles. The van der Waals surface area contributed by atoms with Crippen molar-refractivity contribution >= 4 is 5.97 Å². The van der Waals surface area contributed by atoms with E-state index >= 15 is 0 Å². The second-order valence-electron chi connectivity index (χ2n) is 4.09. The number of hydrogen-bond donors (Lipinski definition) is 0. The fourth-order valence-electron chi connectivity index (χ4n) is 1.60. The number of likely N-dealkylation sites (N-methyl/N-ethyl adjacent to an activating group) is 1. The third kappa shape index (κ3) is 4.30. The van der Waals surface area contributed by atoms with Crippen LogP contribution in [0.25, 0.3) is 0 Å². The lowest BCUT2D eigenvalue weighted by Crippen LogP contribution is -2.24. The molecule has 18 heavy (non-hydrogen) atoms. The van der Waals surface area contributed by atoms with E-state index in [1.54, 1.807) is 32.2 Å². The molecular formula is C14H18FNO2. The molecule has 3 nitrogen and oxygen atoms in total. The molecule has 0 bridgehead atoms. The molecule has 1 aromatic rings. The highest BCUT2D eigenvalue weighted by Crippen LogP contribution is 2.10. The van der Waals surface area contributed by atoms with E-state index in [0.717, 1.165) is 0 Å². The van der Waals surface area contributed by atoms with Gasteiger partial charge in [-0.3, -0.25) is 4.90 Å². The van der Waals surface area contributed by atoms with Gasteiger partial charge in [0.05, 0.1) is 6.61 Å². The molecule has 0 heterocycles. The number of nitrogens with zero attached hydrogens (tertiary/aromatic N) is 1. The normalized spacial score (nSPS) is 10.4. The Hall–Kier alpha value is -1.68. The van der Waals surface area contributed by atoms with E-state index < -0.39 is 5.97 Å². The second-order valence-corrected chi connectivity index (χ2v) is 4.09. The molecule has 0 radical (unpaired) electrons. The van der Waals surface area contributed by atoms with Crippen molar-refractivity contribution in [1.82, 2.24) is 4.90 Å². The predicted molar refractivity (Wildman–Crippen MR) is 68.5 cm³/mol. The van der Waals surface area contributed by atoms with Crippen LogP contribution in [0.15, 0.2) is 36.4 Å². The number of rotatable bonds is 6. The summed E-state index contributed by atoms with van der Waals surface area (Å²) in [4.78, 5) is 13.2. The summed E-state index contributed by atoms with van der Waals surface area (Å²) in [6, 6.07) is 6.57. The van der Waals surface area contributed by atoms with Gasteiger partial charge in [0.25, 0.3) is 0 Å². The van der Waals surface area contributed by atoms with E-state index in [9.17, 15) is 9.18 Å². The van der Waals surface area contributed by atoms with Crippen LogP contribution in [0.5, 0.6) is 0 Å². The van der Waals surface area contributed by atoms with Crippen molar-refractivity contribution in [2.75, 3.05) is 20.2 Å². The van der Waals surface area contributed by atoms with Crippen molar-refractivity contribution in [3.05, 3.63) is 47.8 Å². The van der Waals surface area contributed by atoms with E-state index in [0.29, 0.717) is 30.8 Å². The molecule has 0 amide bonds. The van der Waals surface area contributed by atoms with Gasteiger partial charge < -0.3 is 4.74 Å². The van der Waals surface area contributed by atoms with Crippen molar-refractivity contribution in [3.8, 4) is 0 Å². The summed E-state index contributed by atoms with van der Waals surface area (Å²) in [6.07, 6.45) is 0. The zero-order chi connectivity index (χ0) is 13.5. The molecule has 0 unspecified atom stereocenters. The van der Waals surface area contributed by atoms with Crippen LogP contribution in [0.3, 0.4) is 0 Å². The molecule has 0 aliphatic heterocycles. The fourth-order valence-corrected chi connectivity index (χ4v) is 1.60. The maximum atomic E-state index is 13.4. The highest BCUT2D eigenvalue weighted by molar-refractivity contribution is 5.88. The van der Waals surface area contributed by atoms with Gasteiger partial charge >= 0.3 is 5.97 Å². The second kappa shape index (κ2) is 6.91. The van der Waals surface area contributed by atoms with Gasteiger partial charge in [-0.15, -0.1) is 0 Å². The molecule has 0 saturated heterocycles. The summed E-state index contributed by atoms with van der Waals surface area (Å²) in [5.74, 6) is -0.649. The van der Waals surface area contributed by atoms with Gasteiger partial charge in [0.1, 0.15) is 5.82 Å². The van der Waals surface area contributed by atoms with Crippen molar-refractivity contribution in [2.24, 2.45) is 0 Å². The van der Waals surface area contributed by atoms with Gasteiger partial charge in [-0.05, 0) is 20.0 Å². The molecule has 0 saturated carbocycles. The Balaban J connectivity index is 2.52. The lowest BCUT2D eigenvalue weighted by atomic mass is 10.2. The molecule has 0 aliphatic rings. The Labute approximate surface area is 107 Å². The van der Waals surface area contributed by atoms with E-state index in [4.69, 9.17) is 4.74 Å². The summed E-state index contributed by atoms with van der Waals surface area (Å²) >= 11 is 0. The Morgan fingerprint density at radius 3 is 2.72 bits per heavy atom. The van der Waals surface area contributed by atoms with Crippen LogP contribution >= 0.6 is 0 Å². The number of ether oxygens (including phenoxy) is 1. The average molecular weight is 251 g/mol. The Bertz CT molecular complexity index is 432. The molecule has 4 heteroatoms. The largest absolute Gasteiger partial charge is 0.463 e. The monoisotopic (exact) mass is 251 g/mol. The Kier molecular flexibility index (Phi) is 5.52. The van der Waals surface area contributed by atoms with E-state index in [1.807, 2.05) is 4.90 Å². The van der Waals surface area contributed by atoms with Gasteiger partial charge in [-0.25, -0.2) is 9.18 Å². The van der Waals surface area contributed by atoms with Crippen molar-refractivity contribution in [3.63, 3.8) is 0 Å². The summed E-state index contributed by atoms with van der Waals surface area (Å²) in [7, 11) is 1.80. The SMILES string of the molecule is C=C(CN(C)Cc1ccccc1F)C(=O)OCC. The van der Waals surface area contributed by atoms with E-state index in [1.165, 1.54) is 6.07 Å². The zero-order valence-corrected chi connectivity index (χ0v) is 10.8. The molecule has 0 fully saturated rings. The van der Waals surface area contributed by atoms with Crippen molar-refractivity contribution < 1.29 is 13.9 Å². The first-order valence-corrected chi connectivity index (χ1v) is 5.81. The first-order chi connectivity index (χ1) is 8.54. The van der Waals surface area contributed by atoms with Gasteiger partial charge in [0.15, 0.2) is 0 Å². The number of carbonyl (C=O) groups is 1. The molecule has 0 aliphatic carbocycles. The molecule has 0 spiro atoms. The first kappa shape index (κ1) is 14.4. The summed E-state index contributed by atoms with van der Waals surface area (Å²) in [5, 5.41) is 0. The van der Waals surface area contributed by atoms with Gasteiger partial charge in [-0.2, -0.15) is 0 Å². The van der Waals surface area contributed by atoms with Crippen LogP contribution in [-0.4, -0.2) is 31.1 Å². The molecule has 0 aromatic heterocycles. The summed E-state index contributed by atoms with van der Waals surface area (Å²) < 4.78 is 18.3. The van der Waals surface area contributed by atoms with Gasteiger partial charge in [-0.1, -0.05) is 24.8 Å². The minimum atomic E-state index is -0.405. The fraction of sp³-hybridized carbons (Fsp3) is 0.357. The number of benzene rings is 1. The zero-order valence-electron chi connectivity index (χ0n) is 10.8. The van der Waals surface area contributed by atoms with Crippen LogP contribution < -0.4 is 0 Å². The summed E-state index contributed by atoms with van der Waals surface area (Å²) in [5.41, 5.74) is 0.965.